The molecule has 0 bridgehead atoms. The lowest BCUT2D eigenvalue weighted by Crippen LogP contribution is -2.59. The molecule has 0 N–H and O–H groups in total. The zero-order chi connectivity index (χ0) is 39.3. The topological polar surface area (TPSA) is 128 Å². The number of Topliss-reactive ketones (excluding diaryl/α,β-unsaturated/α-hetero) is 2. The van der Waals surface area contributed by atoms with Gasteiger partial charge < -0.3 is 42.8 Å². The standard InChI is InChI=1S/C43H67NO11/c1-10-24-12-11-13-34(55-36-15-14-32(44(5)6)22(3)51-36)21(2)39(47)31-18-28-26-16-25(54-43-42(50-9)41(49-8)40(48-7)23(4)52-43)17-27(26)29-19-33(45)38(29)37(28)30(31)20-35(46)53-24/h18,21-30,32,34,36-38,40-43H,10-17,19-20H2,1-9H3/t21-,22?,23?,24+,25+,26-,27-,28+,29+,30-,32+,34+,36+,37-,38-,40+,41?,42+,43+/m1/s1. The number of cyclic esters (lactones) is 1. The number of methoxy groups -OCH3 is 3. The smallest absolute Gasteiger partial charge is 0.306 e. The van der Waals surface area contributed by atoms with Gasteiger partial charge in [-0.05, 0) is 114 Å². The molecule has 4 aliphatic carbocycles. The molecule has 310 valence electrons. The van der Waals surface area contributed by atoms with Crippen LogP contribution in [-0.4, -0.2) is 125 Å². The Labute approximate surface area is 327 Å². The second-order valence-electron chi connectivity index (χ2n) is 18.0. The zero-order valence-electron chi connectivity index (χ0n) is 34.6. The molecule has 3 unspecified atom stereocenters. The van der Waals surface area contributed by atoms with Crippen molar-refractivity contribution in [2.75, 3.05) is 35.4 Å². The Balaban J connectivity index is 1.15. The van der Waals surface area contributed by atoms with Crippen molar-refractivity contribution in [1.29, 1.82) is 0 Å². The molecule has 0 aromatic heterocycles. The quantitative estimate of drug-likeness (QED) is 0.288. The molecule has 6 fully saturated rings. The minimum Gasteiger partial charge on any atom is -0.462 e. The van der Waals surface area contributed by atoms with Crippen molar-refractivity contribution in [3.8, 4) is 0 Å². The van der Waals surface area contributed by atoms with Crippen molar-refractivity contribution in [3.63, 3.8) is 0 Å². The van der Waals surface area contributed by atoms with Crippen LogP contribution in [0.3, 0.4) is 0 Å². The lowest BCUT2D eigenvalue weighted by atomic mass is 9.49. The van der Waals surface area contributed by atoms with Gasteiger partial charge in [0.15, 0.2) is 18.4 Å². The third-order valence-corrected chi connectivity index (χ3v) is 14.9. The second-order valence-corrected chi connectivity index (χ2v) is 18.0. The molecule has 55 heavy (non-hydrogen) atoms. The molecule has 12 heteroatoms. The average molecular weight is 774 g/mol. The Morgan fingerprint density at radius 1 is 0.800 bits per heavy atom. The van der Waals surface area contributed by atoms with E-state index in [1.807, 2.05) is 13.8 Å². The van der Waals surface area contributed by atoms with Crippen molar-refractivity contribution in [3.05, 3.63) is 11.6 Å². The molecule has 0 aromatic rings. The number of nitrogens with zero attached hydrogens (tertiary/aromatic N) is 1. The number of carbonyl (C=O) groups is 3. The summed E-state index contributed by atoms with van der Waals surface area (Å²) in [6, 6.07) is 0.316. The van der Waals surface area contributed by atoms with Gasteiger partial charge in [-0.2, -0.15) is 0 Å². The minimum absolute atomic E-state index is 0.0113. The van der Waals surface area contributed by atoms with E-state index in [-0.39, 0.29) is 114 Å². The molecular formula is C43H67NO11. The van der Waals surface area contributed by atoms with Gasteiger partial charge in [-0.3, -0.25) is 14.4 Å². The monoisotopic (exact) mass is 773 g/mol. The van der Waals surface area contributed by atoms with Gasteiger partial charge in [0.2, 0.25) is 0 Å². The minimum atomic E-state index is -0.640. The van der Waals surface area contributed by atoms with Gasteiger partial charge in [0.05, 0.1) is 30.8 Å². The van der Waals surface area contributed by atoms with Crippen molar-refractivity contribution in [1.82, 2.24) is 4.90 Å². The third-order valence-electron chi connectivity index (χ3n) is 14.9. The summed E-state index contributed by atoms with van der Waals surface area (Å²) in [5, 5.41) is 0. The van der Waals surface area contributed by atoms with Crippen LogP contribution >= 0.6 is 0 Å². The summed E-state index contributed by atoms with van der Waals surface area (Å²) in [5.74, 6) is -0.419. The molecule has 0 aromatic carbocycles. The van der Waals surface area contributed by atoms with E-state index in [0.717, 1.165) is 38.5 Å². The molecule has 3 aliphatic heterocycles. The van der Waals surface area contributed by atoms with Crippen LogP contribution in [-0.2, 0) is 52.3 Å². The van der Waals surface area contributed by atoms with Crippen LogP contribution in [0.2, 0.25) is 0 Å². The van der Waals surface area contributed by atoms with Gasteiger partial charge in [0.25, 0.3) is 0 Å². The van der Waals surface area contributed by atoms with Crippen molar-refractivity contribution >= 4 is 17.5 Å². The van der Waals surface area contributed by atoms with Crippen molar-refractivity contribution in [2.45, 2.75) is 159 Å². The number of carbonyl (C=O) groups excluding carboxylic acids is 3. The second kappa shape index (κ2) is 17.2. The molecule has 3 saturated heterocycles. The number of esters is 1. The molecule has 3 saturated carbocycles. The van der Waals surface area contributed by atoms with Gasteiger partial charge in [0.1, 0.15) is 30.2 Å². The number of rotatable bonds is 9. The highest BCUT2D eigenvalue weighted by molar-refractivity contribution is 5.99. The van der Waals surface area contributed by atoms with E-state index in [2.05, 4.69) is 38.9 Å². The summed E-state index contributed by atoms with van der Waals surface area (Å²) in [6.45, 7) is 8.10. The Morgan fingerprint density at radius 2 is 1.53 bits per heavy atom. The normalized spacial score (nSPS) is 47.7. The number of fused-ring (bicyclic) bond motifs is 8. The molecule has 7 rings (SSSR count). The first kappa shape index (κ1) is 41.4. The lowest BCUT2D eigenvalue weighted by molar-refractivity contribution is -0.314. The molecule has 0 amide bonds. The first-order valence-corrected chi connectivity index (χ1v) is 21.2. The van der Waals surface area contributed by atoms with E-state index in [1.54, 1.807) is 21.3 Å². The molecule has 3 heterocycles. The van der Waals surface area contributed by atoms with E-state index >= 15 is 0 Å². The molecule has 0 radical (unpaired) electrons. The Hall–Kier alpha value is -1.77. The van der Waals surface area contributed by atoms with E-state index in [9.17, 15) is 14.4 Å². The van der Waals surface area contributed by atoms with Crippen LogP contribution in [0, 0.1) is 47.3 Å². The molecule has 0 spiro atoms. The first-order valence-electron chi connectivity index (χ1n) is 21.2. The highest BCUT2D eigenvalue weighted by Gasteiger charge is 2.64. The van der Waals surface area contributed by atoms with Gasteiger partial charge >= 0.3 is 5.97 Å². The lowest BCUT2D eigenvalue weighted by Gasteiger charge is -2.54. The van der Waals surface area contributed by atoms with Crippen LogP contribution in [0.1, 0.15) is 91.9 Å². The molecule has 19 atom stereocenters. The number of ketones is 2. The predicted octanol–water partition coefficient (Wildman–Crippen LogP) is 5.14. The first-order chi connectivity index (χ1) is 26.4. The molecule has 7 aliphatic rings. The molecular weight excluding hydrogens is 706 g/mol. The number of ether oxygens (including phenoxy) is 8. The summed E-state index contributed by atoms with van der Waals surface area (Å²) in [5.41, 5.74) is 0.688. The number of likely N-dealkylation sites (N-methyl/N-ethyl adjacent to an activating group) is 1. The highest BCUT2D eigenvalue weighted by atomic mass is 16.7. The SMILES string of the molecule is CC[C@H]1CCC[C@H](O[C@H]2CC[C@H](N(C)C)C(C)O2)[C@@H](C)C(=O)C2=C[C@H]3[C@@H]4C[C@H](O[C@@H]5OC(C)[C@H](OC)C(OC)[C@@H]5OC)C[C@H]4[C@@H]4CC(=O)[C@@H]4[C@H]3[C@@H]2CC(=O)O1. The maximum atomic E-state index is 14.9. The van der Waals surface area contributed by atoms with Crippen LogP contribution in [0.25, 0.3) is 0 Å². The van der Waals surface area contributed by atoms with Crippen LogP contribution < -0.4 is 0 Å². The van der Waals surface area contributed by atoms with E-state index < -0.39 is 18.3 Å². The van der Waals surface area contributed by atoms with Crippen LogP contribution in [0.4, 0.5) is 0 Å². The fourth-order valence-corrected chi connectivity index (χ4v) is 12.1. The summed E-state index contributed by atoms with van der Waals surface area (Å²) in [6.07, 6.45) is 5.94. The summed E-state index contributed by atoms with van der Waals surface area (Å²) >= 11 is 0. The number of allylic oxidation sites excluding steroid dienone is 2. The summed E-state index contributed by atoms with van der Waals surface area (Å²) in [7, 11) is 9.10. The van der Waals surface area contributed by atoms with E-state index in [0.29, 0.717) is 30.9 Å². The maximum absolute atomic E-state index is 14.9. The van der Waals surface area contributed by atoms with Crippen molar-refractivity contribution < 1.29 is 52.3 Å². The third kappa shape index (κ3) is 7.89. The highest BCUT2D eigenvalue weighted by Crippen LogP contribution is 2.65. The summed E-state index contributed by atoms with van der Waals surface area (Å²) < 4.78 is 49.8. The number of hydrogen-bond donors (Lipinski definition) is 0. The fourth-order valence-electron chi connectivity index (χ4n) is 12.1. The zero-order valence-corrected chi connectivity index (χ0v) is 34.6. The Morgan fingerprint density at radius 3 is 2.18 bits per heavy atom. The van der Waals surface area contributed by atoms with E-state index in [4.69, 9.17) is 37.9 Å². The fraction of sp³-hybridized carbons (Fsp3) is 0.884. The van der Waals surface area contributed by atoms with Crippen LogP contribution in [0.15, 0.2) is 11.6 Å². The average Bonchev–Trinajstić information content (AvgIpc) is 3.72. The van der Waals surface area contributed by atoms with Crippen LogP contribution in [0.5, 0.6) is 0 Å². The van der Waals surface area contributed by atoms with Gasteiger partial charge in [-0.1, -0.05) is 19.9 Å². The molecule has 12 nitrogen and oxygen atoms in total. The Kier molecular flexibility index (Phi) is 13.0. The predicted molar refractivity (Wildman–Crippen MR) is 202 cm³/mol. The van der Waals surface area contributed by atoms with Gasteiger partial charge in [-0.25, -0.2) is 0 Å². The van der Waals surface area contributed by atoms with E-state index in [1.165, 1.54) is 0 Å². The van der Waals surface area contributed by atoms with Gasteiger partial charge in [0, 0.05) is 51.5 Å². The summed E-state index contributed by atoms with van der Waals surface area (Å²) in [4.78, 5) is 44.4. The Bertz CT molecular complexity index is 1420. The van der Waals surface area contributed by atoms with Crippen molar-refractivity contribution in [2.24, 2.45) is 47.3 Å². The maximum Gasteiger partial charge on any atom is 0.306 e. The largest absolute Gasteiger partial charge is 0.462 e. The number of hydrogen-bond acceptors (Lipinski definition) is 12. The van der Waals surface area contributed by atoms with Gasteiger partial charge in [-0.15, -0.1) is 0 Å².